The lowest BCUT2D eigenvalue weighted by atomic mass is 9.98. The zero-order chi connectivity index (χ0) is 17.8. The van der Waals surface area contributed by atoms with Gasteiger partial charge in [0, 0.05) is 18.3 Å². The zero-order valence-corrected chi connectivity index (χ0v) is 14.7. The van der Waals surface area contributed by atoms with Gasteiger partial charge in [0.05, 0.1) is 11.7 Å². The second-order valence-electron chi connectivity index (χ2n) is 6.26. The van der Waals surface area contributed by atoms with E-state index in [1.54, 1.807) is 0 Å². The molecule has 1 N–H and O–H groups in total. The Bertz CT molecular complexity index is 789. The normalized spacial score (nSPS) is 17.2. The number of amides is 1. The molecule has 0 radical (unpaired) electrons. The van der Waals surface area contributed by atoms with Crippen molar-refractivity contribution in [3.05, 3.63) is 54.1 Å². The van der Waals surface area contributed by atoms with Gasteiger partial charge in [0.15, 0.2) is 0 Å². The molecule has 0 aromatic carbocycles. The molecule has 130 valence electrons. The molecule has 1 saturated heterocycles. The molecule has 1 aliphatic heterocycles. The highest BCUT2D eigenvalue weighted by atomic mass is 16.2. The minimum atomic E-state index is -0.0455. The third kappa shape index (κ3) is 4.02. The van der Waals surface area contributed by atoms with Crippen LogP contribution in [0.1, 0.15) is 42.5 Å². The molecule has 1 fully saturated rings. The average Bonchev–Trinajstić information content (AvgIpc) is 2.60. The number of carbonyl (C=O) groups excluding carboxylic acids is 1. The Morgan fingerprint density at radius 1 is 1.24 bits per heavy atom. The quantitative estimate of drug-likeness (QED) is 0.865. The lowest BCUT2D eigenvalue weighted by Gasteiger charge is -2.34. The van der Waals surface area contributed by atoms with Gasteiger partial charge in [0.25, 0.3) is 0 Å². The van der Waals surface area contributed by atoms with Crippen LogP contribution in [0.3, 0.4) is 0 Å². The summed E-state index contributed by atoms with van der Waals surface area (Å²) < 4.78 is 0. The number of nitrogens with zero attached hydrogens (tertiary/aromatic N) is 4. The van der Waals surface area contributed by atoms with E-state index in [2.05, 4.69) is 26.8 Å². The van der Waals surface area contributed by atoms with Crippen molar-refractivity contribution in [3.8, 4) is 0 Å². The molecule has 1 aliphatic rings. The first-order chi connectivity index (χ1) is 12.1. The highest BCUT2D eigenvalue weighted by Crippen LogP contribution is 2.31. The zero-order valence-electron chi connectivity index (χ0n) is 14.7. The maximum Gasteiger partial charge on any atom is 0.246 e. The largest absolute Gasteiger partial charge is 0.331 e. The van der Waals surface area contributed by atoms with Crippen molar-refractivity contribution in [2.75, 3.05) is 11.9 Å². The number of hydrogen-bond acceptors (Lipinski definition) is 5. The van der Waals surface area contributed by atoms with Crippen molar-refractivity contribution in [3.63, 3.8) is 0 Å². The molecular weight excluding hydrogens is 314 g/mol. The van der Waals surface area contributed by atoms with Crippen LogP contribution in [-0.2, 0) is 4.79 Å². The van der Waals surface area contributed by atoms with Gasteiger partial charge in [0.1, 0.15) is 17.5 Å². The molecule has 3 rings (SSSR count). The first-order valence-corrected chi connectivity index (χ1v) is 8.56. The average molecular weight is 337 g/mol. The predicted molar refractivity (Wildman–Crippen MR) is 97.5 cm³/mol. The van der Waals surface area contributed by atoms with Gasteiger partial charge in [-0.15, -0.1) is 0 Å². The molecule has 25 heavy (non-hydrogen) atoms. The van der Waals surface area contributed by atoms with E-state index in [0.717, 1.165) is 43.0 Å². The van der Waals surface area contributed by atoms with Gasteiger partial charge in [-0.3, -0.25) is 4.79 Å². The first kappa shape index (κ1) is 17.1. The van der Waals surface area contributed by atoms with Gasteiger partial charge in [-0.05, 0) is 51.3 Å². The molecule has 1 amide bonds. The molecule has 0 bridgehead atoms. The van der Waals surface area contributed by atoms with Gasteiger partial charge < -0.3 is 10.2 Å². The molecule has 2 aromatic heterocycles. The fraction of sp³-hybridized carbons (Fsp3) is 0.368. The van der Waals surface area contributed by atoms with Crippen molar-refractivity contribution in [1.82, 2.24) is 19.9 Å². The summed E-state index contributed by atoms with van der Waals surface area (Å²) in [5, 5.41) is 3.24. The molecule has 3 heterocycles. The summed E-state index contributed by atoms with van der Waals surface area (Å²) in [6, 6.07) is 7.68. The van der Waals surface area contributed by atoms with Crippen molar-refractivity contribution in [2.24, 2.45) is 0 Å². The van der Waals surface area contributed by atoms with Crippen LogP contribution >= 0.6 is 0 Å². The Kier molecular flexibility index (Phi) is 5.07. The molecule has 2 aromatic rings. The van der Waals surface area contributed by atoms with Crippen LogP contribution in [0.4, 0.5) is 11.6 Å². The number of aryl methyl sites for hydroxylation is 2. The Hall–Kier alpha value is -2.76. The maximum absolute atomic E-state index is 12.2. The summed E-state index contributed by atoms with van der Waals surface area (Å²) >= 11 is 0. The van der Waals surface area contributed by atoms with E-state index in [9.17, 15) is 4.79 Å². The summed E-state index contributed by atoms with van der Waals surface area (Å²) in [6.45, 7) is 8.16. The second-order valence-corrected chi connectivity index (χ2v) is 6.26. The minimum absolute atomic E-state index is 0.0352. The SMILES string of the molecule is C=CC(=O)N1CCCC[C@H]1c1cc(Nc2cccc(C)n2)nc(C)n1. The minimum Gasteiger partial charge on any atom is -0.331 e. The van der Waals surface area contributed by atoms with Crippen LogP contribution in [0.15, 0.2) is 36.9 Å². The van der Waals surface area contributed by atoms with E-state index < -0.39 is 0 Å². The monoisotopic (exact) mass is 337 g/mol. The van der Waals surface area contributed by atoms with Gasteiger partial charge in [0.2, 0.25) is 5.91 Å². The number of likely N-dealkylation sites (tertiary alicyclic amines) is 1. The summed E-state index contributed by atoms with van der Waals surface area (Å²) in [4.78, 5) is 27.5. The maximum atomic E-state index is 12.2. The van der Waals surface area contributed by atoms with Crippen LogP contribution < -0.4 is 5.32 Å². The first-order valence-electron chi connectivity index (χ1n) is 8.56. The van der Waals surface area contributed by atoms with Gasteiger partial charge in [-0.1, -0.05) is 12.6 Å². The van der Waals surface area contributed by atoms with Gasteiger partial charge in [-0.2, -0.15) is 0 Å². The highest BCUT2D eigenvalue weighted by molar-refractivity contribution is 5.87. The Morgan fingerprint density at radius 3 is 2.84 bits per heavy atom. The van der Waals surface area contributed by atoms with E-state index >= 15 is 0 Å². The van der Waals surface area contributed by atoms with Gasteiger partial charge in [-0.25, -0.2) is 15.0 Å². The number of carbonyl (C=O) groups is 1. The van der Waals surface area contributed by atoms with Gasteiger partial charge >= 0.3 is 0 Å². The molecule has 0 unspecified atom stereocenters. The summed E-state index contributed by atoms with van der Waals surface area (Å²) in [5.41, 5.74) is 1.79. The molecule has 6 heteroatoms. The second kappa shape index (κ2) is 7.42. The van der Waals surface area contributed by atoms with E-state index in [-0.39, 0.29) is 11.9 Å². The number of rotatable bonds is 4. The topological polar surface area (TPSA) is 71.0 Å². The summed E-state index contributed by atoms with van der Waals surface area (Å²) in [6.07, 6.45) is 4.37. The lowest BCUT2D eigenvalue weighted by Crippen LogP contribution is -2.38. The van der Waals surface area contributed by atoms with E-state index in [1.165, 1.54) is 6.08 Å². The molecule has 0 aliphatic carbocycles. The number of aromatic nitrogens is 3. The van der Waals surface area contributed by atoms with Crippen LogP contribution in [0.25, 0.3) is 0 Å². The fourth-order valence-electron chi connectivity index (χ4n) is 3.19. The molecule has 1 atom stereocenters. The third-order valence-electron chi connectivity index (χ3n) is 4.30. The molecule has 6 nitrogen and oxygen atoms in total. The molecular formula is C19H23N5O. The number of hydrogen-bond donors (Lipinski definition) is 1. The fourth-order valence-corrected chi connectivity index (χ4v) is 3.19. The van der Waals surface area contributed by atoms with Crippen LogP contribution in [0.5, 0.6) is 0 Å². The van der Waals surface area contributed by atoms with Crippen LogP contribution in [0.2, 0.25) is 0 Å². The van der Waals surface area contributed by atoms with Crippen molar-refractivity contribution in [1.29, 1.82) is 0 Å². The van der Waals surface area contributed by atoms with Crippen LogP contribution in [0, 0.1) is 13.8 Å². The number of piperidine rings is 1. The molecule has 0 spiro atoms. The smallest absolute Gasteiger partial charge is 0.246 e. The molecule has 0 saturated carbocycles. The Morgan fingerprint density at radius 2 is 2.08 bits per heavy atom. The van der Waals surface area contributed by atoms with E-state index in [0.29, 0.717) is 11.6 Å². The number of pyridine rings is 1. The van der Waals surface area contributed by atoms with Crippen molar-refractivity contribution in [2.45, 2.75) is 39.2 Å². The predicted octanol–water partition coefficient (Wildman–Crippen LogP) is 3.47. The Balaban J connectivity index is 1.90. The highest BCUT2D eigenvalue weighted by Gasteiger charge is 2.28. The van der Waals surface area contributed by atoms with Crippen LogP contribution in [-0.4, -0.2) is 32.3 Å². The summed E-state index contributed by atoms with van der Waals surface area (Å²) in [5.74, 6) is 2.06. The number of nitrogens with one attached hydrogen (secondary N) is 1. The van der Waals surface area contributed by atoms with E-state index in [1.807, 2.05) is 43.0 Å². The summed E-state index contributed by atoms with van der Waals surface area (Å²) in [7, 11) is 0. The third-order valence-corrected chi connectivity index (χ3v) is 4.30. The number of anilines is 2. The Labute approximate surface area is 148 Å². The van der Waals surface area contributed by atoms with Crippen molar-refractivity contribution >= 4 is 17.5 Å². The lowest BCUT2D eigenvalue weighted by molar-refractivity contribution is -0.129. The standard InChI is InChI=1S/C19H23N5O/c1-4-19(25)24-11-6-5-9-16(24)15-12-18(22-14(3)21-15)23-17-10-7-8-13(2)20-17/h4,7-8,10,12,16H,1,5-6,9,11H2,2-3H3,(H,20,21,22,23)/t16-/m0/s1. The van der Waals surface area contributed by atoms with E-state index in [4.69, 9.17) is 0 Å². The van der Waals surface area contributed by atoms with Crippen molar-refractivity contribution < 1.29 is 4.79 Å².